The number of hydrogen-bond donors (Lipinski definition) is 1. The summed E-state index contributed by atoms with van der Waals surface area (Å²) in [4.78, 5) is 0. The third-order valence-electron chi connectivity index (χ3n) is 9.77. The second-order valence-electron chi connectivity index (χ2n) is 14.4. The van der Waals surface area contributed by atoms with Crippen LogP contribution in [-0.2, 0) is 6.42 Å². The SMILES string of the molecule is CCCCCCCC/C=C\CCCCCCCCC(N)(CCCCCCCC/C=C\CCCCCCCC)Cc1ccccc1. The zero-order chi connectivity index (χ0) is 32.4. The first-order valence-corrected chi connectivity index (χ1v) is 20.3. The van der Waals surface area contributed by atoms with E-state index in [-0.39, 0.29) is 5.54 Å². The van der Waals surface area contributed by atoms with Gasteiger partial charge in [-0.05, 0) is 76.2 Å². The molecular formula is C44H79N. The number of hydrogen-bond acceptors (Lipinski definition) is 1. The van der Waals surface area contributed by atoms with Crippen LogP contribution in [0.5, 0.6) is 0 Å². The Balaban J connectivity index is 2.11. The van der Waals surface area contributed by atoms with Crippen molar-refractivity contribution in [1.29, 1.82) is 0 Å². The highest BCUT2D eigenvalue weighted by Crippen LogP contribution is 2.25. The normalized spacial score (nSPS) is 12.2. The van der Waals surface area contributed by atoms with E-state index < -0.39 is 0 Å². The maximum absolute atomic E-state index is 7.14. The largest absolute Gasteiger partial charge is 0.325 e. The van der Waals surface area contributed by atoms with Crippen molar-refractivity contribution in [3.63, 3.8) is 0 Å². The zero-order valence-corrected chi connectivity index (χ0v) is 30.7. The van der Waals surface area contributed by atoms with E-state index in [9.17, 15) is 0 Å². The Bertz CT molecular complexity index is 720. The van der Waals surface area contributed by atoms with Crippen LogP contribution >= 0.6 is 0 Å². The Morgan fingerprint density at radius 2 is 0.733 bits per heavy atom. The van der Waals surface area contributed by atoms with Crippen LogP contribution in [0, 0.1) is 0 Å². The molecule has 0 aliphatic rings. The highest BCUT2D eigenvalue weighted by molar-refractivity contribution is 5.17. The van der Waals surface area contributed by atoms with Gasteiger partial charge in [0.2, 0.25) is 0 Å². The third-order valence-corrected chi connectivity index (χ3v) is 9.77. The summed E-state index contributed by atoms with van der Waals surface area (Å²) in [6.45, 7) is 4.59. The van der Waals surface area contributed by atoms with Crippen molar-refractivity contribution in [3.8, 4) is 0 Å². The second kappa shape index (κ2) is 32.6. The molecule has 1 rings (SSSR count). The maximum atomic E-state index is 7.14. The van der Waals surface area contributed by atoms with Crippen molar-refractivity contribution in [2.75, 3.05) is 0 Å². The summed E-state index contributed by atoms with van der Waals surface area (Å²) in [6.07, 6.45) is 51.3. The van der Waals surface area contributed by atoms with Crippen LogP contribution in [0.3, 0.4) is 0 Å². The molecule has 0 saturated heterocycles. The van der Waals surface area contributed by atoms with E-state index in [1.165, 1.54) is 198 Å². The molecule has 0 atom stereocenters. The van der Waals surface area contributed by atoms with Crippen LogP contribution in [0.25, 0.3) is 0 Å². The summed E-state index contributed by atoms with van der Waals surface area (Å²) in [5.74, 6) is 0. The number of nitrogens with two attached hydrogens (primary N) is 1. The van der Waals surface area contributed by atoms with Crippen LogP contribution in [0.1, 0.15) is 212 Å². The van der Waals surface area contributed by atoms with Crippen molar-refractivity contribution in [3.05, 3.63) is 60.2 Å². The van der Waals surface area contributed by atoms with Gasteiger partial charge >= 0.3 is 0 Å². The van der Waals surface area contributed by atoms with Gasteiger partial charge < -0.3 is 5.73 Å². The van der Waals surface area contributed by atoms with Gasteiger partial charge in [-0.15, -0.1) is 0 Å². The van der Waals surface area contributed by atoms with E-state index >= 15 is 0 Å². The monoisotopic (exact) mass is 622 g/mol. The smallest absolute Gasteiger partial charge is 0.0195 e. The Hall–Kier alpha value is -1.34. The van der Waals surface area contributed by atoms with Crippen molar-refractivity contribution in [2.24, 2.45) is 5.73 Å². The minimum atomic E-state index is -0.0387. The maximum Gasteiger partial charge on any atom is 0.0195 e. The average Bonchev–Trinajstić information content (AvgIpc) is 3.05. The summed E-state index contributed by atoms with van der Waals surface area (Å²) in [7, 11) is 0. The molecule has 1 heteroatoms. The molecule has 0 saturated carbocycles. The van der Waals surface area contributed by atoms with Crippen molar-refractivity contribution < 1.29 is 0 Å². The van der Waals surface area contributed by atoms with Gasteiger partial charge in [-0.25, -0.2) is 0 Å². The van der Waals surface area contributed by atoms with Crippen LogP contribution in [0.2, 0.25) is 0 Å². The molecule has 0 amide bonds. The lowest BCUT2D eigenvalue weighted by Gasteiger charge is -2.30. The molecule has 0 radical (unpaired) electrons. The molecule has 0 fully saturated rings. The average molecular weight is 622 g/mol. The molecule has 1 aromatic rings. The van der Waals surface area contributed by atoms with Crippen molar-refractivity contribution in [1.82, 2.24) is 0 Å². The molecule has 0 bridgehead atoms. The van der Waals surface area contributed by atoms with Gasteiger partial charge in [0.25, 0.3) is 0 Å². The van der Waals surface area contributed by atoms with Crippen LogP contribution in [-0.4, -0.2) is 5.54 Å². The van der Waals surface area contributed by atoms with Gasteiger partial charge in [-0.2, -0.15) is 0 Å². The lowest BCUT2D eigenvalue weighted by Crippen LogP contribution is -2.42. The Labute approximate surface area is 283 Å². The number of rotatable bonds is 34. The van der Waals surface area contributed by atoms with Crippen LogP contribution in [0.15, 0.2) is 54.6 Å². The highest BCUT2D eigenvalue weighted by Gasteiger charge is 2.24. The predicted octanol–water partition coefficient (Wildman–Crippen LogP) is 14.8. The Kier molecular flexibility index (Phi) is 30.2. The van der Waals surface area contributed by atoms with Gasteiger partial charge in [0.05, 0.1) is 0 Å². The highest BCUT2D eigenvalue weighted by atomic mass is 14.7. The summed E-state index contributed by atoms with van der Waals surface area (Å²) < 4.78 is 0. The molecule has 0 aliphatic carbocycles. The van der Waals surface area contributed by atoms with E-state index in [0.717, 1.165) is 6.42 Å². The van der Waals surface area contributed by atoms with Crippen LogP contribution in [0.4, 0.5) is 0 Å². The second-order valence-corrected chi connectivity index (χ2v) is 14.4. The van der Waals surface area contributed by atoms with E-state index in [2.05, 4.69) is 68.5 Å². The Morgan fingerprint density at radius 3 is 1.09 bits per heavy atom. The van der Waals surface area contributed by atoms with E-state index in [4.69, 9.17) is 5.73 Å². The zero-order valence-electron chi connectivity index (χ0n) is 30.7. The number of allylic oxidation sites excluding steroid dienone is 4. The quantitative estimate of drug-likeness (QED) is 0.0601. The van der Waals surface area contributed by atoms with Crippen LogP contribution < -0.4 is 5.73 Å². The molecule has 45 heavy (non-hydrogen) atoms. The molecular weight excluding hydrogens is 542 g/mol. The topological polar surface area (TPSA) is 26.0 Å². The summed E-state index contributed by atoms with van der Waals surface area (Å²) in [5.41, 5.74) is 8.51. The van der Waals surface area contributed by atoms with E-state index in [1.807, 2.05) is 0 Å². The standard InChI is InChI=1S/C44H79N/c1-3-5-7-9-11-13-15-17-19-21-23-25-27-29-31-36-40-44(45,42-43-38-34-33-35-39-43)41-37-32-30-28-26-24-22-20-18-16-14-12-10-8-6-4-2/h17-20,33-35,38-39H,3-16,21-32,36-37,40-42,45H2,1-2H3/b19-17-,20-18-. The summed E-state index contributed by atoms with van der Waals surface area (Å²) >= 11 is 0. The lowest BCUT2D eigenvalue weighted by molar-refractivity contribution is 0.332. The molecule has 260 valence electrons. The van der Waals surface area contributed by atoms with Gasteiger partial charge in [0.15, 0.2) is 0 Å². The first kappa shape index (κ1) is 41.7. The fourth-order valence-corrected chi connectivity index (χ4v) is 6.75. The minimum absolute atomic E-state index is 0.0387. The fourth-order valence-electron chi connectivity index (χ4n) is 6.75. The molecule has 0 aromatic heterocycles. The van der Waals surface area contributed by atoms with Gasteiger partial charge in [0.1, 0.15) is 0 Å². The summed E-state index contributed by atoms with van der Waals surface area (Å²) in [5, 5.41) is 0. The third kappa shape index (κ3) is 28.6. The van der Waals surface area contributed by atoms with Gasteiger partial charge in [-0.3, -0.25) is 0 Å². The number of benzene rings is 1. The molecule has 1 nitrogen and oxygen atoms in total. The van der Waals surface area contributed by atoms with Gasteiger partial charge in [-0.1, -0.05) is 197 Å². The molecule has 0 aliphatic heterocycles. The number of unbranched alkanes of at least 4 members (excludes halogenated alkanes) is 24. The van der Waals surface area contributed by atoms with Crippen molar-refractivity contribution in [2.45, 2.75) is 218 Å². The lowest BCUT2D eigenvalue weighted by atomic mass is 9.82. The molecule has 0 unspecified atom stereocenters. The van der Waals surface area contributed by atoms with E-state index in [0.29, 0.717) is 0 Å². The molecule has 1 aromatic carbocycles. The molecule has 0 spiro atoms. The van der Waals surface area contributed by atoms with E-state index in [1.54, 1.807) is 0 Å². The Morgan fingerprint density at radius 1 is 0.422 bits per heavy atom. The van der Waals surface area contributed by atoms with Gasteiger partial charge in [0, 0.05) is 5.54 Å². The molecule has 0 heterocycles. The summed E-state index contributed by atoms with van der Waals surface area (Å²) in [6, 6.07) is 11.0. The predicted molar refractivity (Wildman–Crippen MR) is 205 cm³/mol. The first-order valence-electron chi connectivity index (χ1n) is 20.3. The first-order chi connectivity index (χ1) is 22.2. The molecule has 2 N–H and O–H groups in total. The fraction of sp³-hybridized carbons (Fsp3) is 0.773. The minimum Gasteiger partial charge on any atom is -0.325 e. The van der Waals surface area contributed by atoms with Crippen molar-refractivity contribution >= 4 is 0 Å².